The van der Waals surface area contributed by atoms with Crippen molar-refractivity contribution in [2.75, 3.05) is 11.6 Å². The van der Waals surface area contributed by atoms with Crippen molar-refractivity contribution in [3.63, 3.8) is 0 Å². The first-order valence-electron chi connectivity index (χ1n) is 6.47. The van der Waals surface area contributed by atoms with Gasteiger partial charge in [-0.15, -0.1) is 0 Å². The van der Waals surface area contributed by atoms with Crippen molar-refractivity contribution in [1.82, 2.24) is 0 Å². The number of nitrogens with one attached hydrogen (secondary N) is 1. The van der Waals surface area contributed by atoms with Crippen molar-refractivity contribution in [2.24, 2.45) is 0 Å². The molecule has 4 nitrogen and oxygen atoms in total. The Bertz CT molecular complexity index is 795. The minimum Gasteiger partial charge on any atom is -0.322 e. The molecule has 5 heteroatoms. The van der Waals surface area contributed by atoms with Gasteiger partial charge in [0.2, 0.25) is 0 Å². The van der Waals surface area contributed by atoms with Gasteiger partial charge in [-0.05, 0) is 43.2 Å². The summed E-state index contributed by atoms with van der Waals surface area (Å²) in [4.78, 5) is 12.4. The summed E-state index contributed by atoms with van der Waals surface area (Å²) in [5, 5.41) is 2.78. The molecule has 1 N–H and O–H groups in total. The summed E-state index contributed by atoms with van der Waals surface area (Å²) in [6.07, 6.45) is 1.09. The maximum Gasteiger partial charge on any atom is 0.256 e. The number of carbonyl (C=O) groups is 1. The van der Waals surface area contributed by atoms with Crippen molar-refractivity contribution < 1.29 is 13.2 Å². The van der Waals surface area contributed by atoms with E-state index in [1.165, 1.54) is 12.1 Å². The van der Waals surface area contributed by atoms with Crippen LogP contribution in [-0.4, -0.2) is 20.6 Å². The standard InChI is InChI=1S/C16H17NO3S/c1-11-8-9-12(2)14(10-11)17-16(18)13-6-4-5-7-15(13)21(3,19)20/h4-10H,1-3H3,(H,17,18). The average molecular weight is 303 g/mol. The number of amides is 1. The maximum absolute atomic E-state index is 12.4. The van der Waals surface area contributed by atoms with E-state index < -0.39 is 15.7 Å². The molecule has 110 valence electrons. The molecule has 0 heterocycles. The lowest BCUT2D eigenvalue weighted by Gasteiger charge is -2.11. The van der Waals surface area contributed by atoms with E-state index in [9.17, 15) is 13.2 Å². The molecule has 0 atom stereocenters. The monoisotopic (exact) mass is 303 g/mol. The topological polar surface area (TPSA) is 63.2 Å². The zero-order chi connectivity index (χ0) is 15.6. The van der Waals surface area contributed by atoms with E-state index >= 15 is 0 Å². The summed E-state index contributed by atoms with van der Waals surface area (Å²) in [7, 11) is -3.45. The Kier molecular flexibility index (Phi) is 4.14. The Balaban J connectivity index is 2.40. The molecular formula is C16H17NO3S. The van der Waals surface area contributed by atoms with Crippen LogP contribution in [0.2, 0.25) is 0 Å². The molecule has 0 aromatic heterocycles. The van der Waals surface area contributed by atoms with Crippen LogP contribution in [0.15, 0.2) is 47.4 Å². The van der Waals surface area contributed by atoms with Crippen LogP contribution >= 0.6 is 0 Å². The van der Waals surface area contributed by atoms with E-state index in [0.717, 1.165) is 17.4 Å². The van der Waals surface area contributed by atoms with Crippen molar-refractivity contribution in [3.05, 3.63) is 59.2 Å². The molecule has 2 aromatic rings. The van der Waals surface area contributed by atoms with Gasteiger partial charge in [-0.25, -0.2) is 8.42 Å². The highest BCUT2D eigenvalue weighted by Crippen LogP contribution is 2.20. The number of benzene rings is 2. The second-order valence-electron chi connectivity index (χ2n) is 5.04. The van der Waals surface area contributed by atoms with Gasteiger partial charge in [0, 0.05) is 11.9 Å². The van der Waals surface area contributed by atoms with Gasteiger partial charge in [0.05, 0.1) is 10.5 Å². The molecule has 0 unspecified atom stereocenters. The lowest BCUT2D eigenvalue weighted by atomic mass is 10.1. The van der Waals surface area contributed by atoms with Gasteiger partial charge in [-0.2, -0.15) is 0 Å². The minimum atomic E-state index is -3.45. The first-order chi connectivity index (χ1) is 9.79. The summed E-state index contributed by atoms with van der Waals surface area (Å²) in [5.41, 5.74) is 2.78. The Morgan fingerprint density at radius 2 is 1.71 bits per heavy atom. The van der Waals surface area contributed by atoms with Crippen LogP contribution in [0.25, 0.3) is 0 Å². The summed E-state index contributed by atoms with van der Waals surface area (Å²) in [5.74, 6) is -0.426. The Morgan fingerprint density at radius 1 is 1.05 bits per heavy atom. The predicted octanol–water partition coefficient (Wildman–Crippen LogP) is 2.96. The second-order valence-corrected chi connectivity index (χ2v) is 7.02. The third-order valence-electron chi connectivity index (χ3n) is 3.17. The molecule has 2 aromatic carbocycles. The molecule has 1 amide bonds. The van der Waals surface area contributed by atoms with Gasteiger partial charge < -0.3 is 5.32 Å². The van der Waals surface area contributed by atoms with Crippen molar-refractivity contribution in [1.29, 1.82) is 0 Å². The Labute approximate surface area is 124 Å². The third kappa shape index (κ3) is 3.49. The summed E-state index contributed by atoms with van der Waals surface area (Å²) in [6, 6.07) is 11.9. The van der Waals surface area contributed by atoms with E-state index in [4.69, 9.17) is 0 Å². The maximum atomic E-state index is 12.4. The van der Waals surface area contributed by atoms with Crippen LogP contribution in [0.1, 0.15) is 21.5 Å². The summed E-state index contributed by atoms with van der Waals surface area (Å²) >= 11 is 0. The first kappa shape index (κ1) is 15.3. The number of rotatable bonds is 3. The predicted molar refractivity (Wildman–Crippen MR) is 83.4 cm³/mol. The highest BCUT2D eigenvalue weighted by molar-refractivity contribution is 7.90. The second kappa shape index (κ2) is 5.69. The number of carbonyl (C=O) groups excluding carboxylic acids is 1. The largest absolute Gasteiger partial charge is 0.322 e. The van der Waals surface area contributed by atoms with Gasteiger partial charge >= 0.3 is 0 Å². The highest BCUT2D eigenvalue weighted by atomic mass is 32.2. The SMILES string of the molecule is Cc1ccc(C)c(NC(=O)c2ccccc2S(C)(=O)=O)c1. The Hall–Kier alpha value is -2.14. The molecule has 21 heavy (non-hydrogen) atoms. The van der Waals surface area contributed by atoms with Gasteiger partial charge in [-0.1, -0.05) is 24.3 Å². The molecule has 0 aliphatic rings. The number of anilines is 1. The lowest BCUT2D eigenvalue weighted by molar-refractivity contribution is 0.102. The number of aryl methyl sites for hydroxylation is 2. The molecule has 2 rings (SSSR count). The normalized spacial score (nSPS) is 11.2. The average Bonchev–Trinajstić information content (AvgIpc) is 2.42. The molecule has 0 saturated carbocycles. The van der Waals surface area contributed by atoms with E-state index in [0.29, 0.717) is 5.69 Å². The number of sulfone groups is 1. The van der Waals surface area contributed by atoms with Crippen LogP contribution in [0, 0.1) is 13.8 Å². The molecule has 0 aliphatic heterocycles. The third-order valence-corrected chi connectivity index (χ3v) is 4.33. The summed E-state index contributed by atoms with van der Waals surface area (Å²) < 4.78 is 23.5. The van der Waals surface area contributed by atoms with Crippen molar-refractivity contribution in [3.8, 4) is 0 Å². The van der Waals surface area contributed by atoms with Gasteiger partial charge in [0.1, 0.15) is 0 Å². The van der Waals surface area contributed by atoms with Crippen LogP contribution in [0.5, 0.6) is 0 Å². The van der Waals surface area contributed by atoms with E-state index in [1.807, 2.05) is 32.0 Å². The zero-order valence-electron chi connectivity index (χ0n) is 12.2. The number of hydrogen-bond donors (Lipinski definition) is 1. The molecule has 0 aliphatic carbocycles. The van der Waals surface area contributed by atoms with Crippen LogP contribution in [-0.2, 0) is 9.84 Å². The summed E-state index contributed by atoms with van der Waals surface area (Å²) in [6.45, 7) is 3.82. The van der Waals surface area contributed by atoms with Gasteiger partial charge in [0.25, 0.3) is 5.91 Å². The number of hydrogen-bond acceptors (Lipinski definition) is 3. The molecule has 0 fully saturated rings. The van der Waals surface area contributed by atoms with Crippen LogP contribution < -0.4 is 5.32 Å². The fraction of sp³-hybridized carbons (Fsp3) is 0.188. The molecule has 0 radical (unpaired) electrons. The van der Waals surface area contributed by atoms with Gasteiger partial charge in [0.15, 0.2) is 9.84 Å². The zero-order valence-corrected chi connectivity index (χ0v) is 13.0. The van der Waals surface area contributed by atoms with E-state index in [-0.39, 0.29) is 10.5 Å². The molecule has 0 spiro atoms. The van der Waals surface area contributed by atoms with Crippen molar-refractivity contribution >= 4 is 21.4 Å². The fourth-order valence-corrected chi connectivity index (χ4v) is 2.92. The first-order valence-corrected chi connectivity index (χ1v) is 8.36. The van der Waals surface area contributed by atoms with E-state index in [1.54, 1.807) is 12.1 Å². The fourth-order valence-electron chi connectivity index (χ4n) is 2.04. The highest BCUT2D eigenvalue weighted by Gasteiger charge is 2.18. The van der Waals surface area contributed by atoms with Crippen LogP contribution in [0.4, 0.5) is 5.69 Å². The Morgan fingerprint density at radius 3 is 2.38 bits per heavy atom. The molecule has 0 bridgehead atoms. The molecular weight excluding hydrogens is 286 g/mol. The van der Waals surface area contributed by atoms with Crippen molar-refractivity contribution in [2.45, 2.75) is 18.7 Å². The minimum absolute atomic E-state index is 0.0350. The smallest absolute Gasteiger partial charge is 0.256 e. The quantitative estimate of drug-likeness (QED) is 0.948. The van der Waals surface area contributed by atoms with E-state index in [2.05, 4.69) is 5.32 Å². The van der Waals surface area contributed by atoms with Gasteiger partial charge in [-0.3, -0.25) is 4.79 Å². The molecule has 0 saturated heterocycles. The lowest BCUT2D eigenvalue weighted by Crippen LogP contribution is -2.16. The van der Waals surface area contributed by atoms with Crippen LogP contribution in [0.3, 0.4) is 0 Å².